The molecule has 0 bridgehead atoms. The van der Waals surface area contributed by atoms with Gasteiger partial charge in [-0.3, -0.25) is 9.59 Å². The topological polar surface area (TPSA) is 127 Å². The zero-order valence-corrected chi connectivity index (χ0v) is 43.7. The molecule has 9 atom stereocenters. The number of carbonyl (C=O) groups excluding carboxylic acids is 2. The van der Waals surface area contributed by atoms with Crippen molar-refractivity contribution >= 4 is 52.7 Å². The van der Waals surface area contributed by atoms with Crippen molar-refractivity contribution in [2.45, 2.75) is 152 Å². The fraction of sp³-hybridized carbons (Fsp3) is 0.660. The van der Waals surface area contributed by atoms with Crippen LogP contribution in [0.5, 0.6) is 11.5 Å². The third-order valence-electron chi connectivity index (χ3n) is 16.4. The van der Waals surface area contributed by atoms with Crippen LogP contribution >= 0.6 is 23.2 Å². The summed E-state index contributed by atoms with van der Waals surface area (Å²) in [7, 11) is 0. The average molecular weight is 931 g/mol. The second kappa shape index (κ2) is 21.7. The predicted molar refractivity (Wildman–Crippen MR) is 251 cm³/mol. The summed E-state index contributed by atoms with van der Waals surface area (Å²) < 4.78 is 10.9. The first-order chi connectivity index (χ1) is 29.7. The number of carbonyl (C=O) groups is 4. The van der Waals surface area contributed by atoms with Crippen molar-refractivity contribution in [3.8, 4) is 11.5 Å². The molecular formula is C53H72Cl2NaO8+. The predicted octanol–water partition coefficient (Wildman–Crippen LogP) is 11.5. The van der Waals surface area contributed by atoms with Gasteiger partial charge in [-0.05, 0) is 170 Å². The monoisotopic (exact) mass is 929 g/mol. The van der Waals surface area contributed by atoms with Gasteiger partial charge in [0.05, 0.1) is 21.9 Å². The van der Waals surface area contributed by atoms with Crippen molar-refractivity contribution in [2.24, 2.45) is 70.0 Å². The van der Waals surface area contributed by atoms with Crippen molar-refractivity contribution in [3.05, 3.63) is 62.6 Å². The van der Waals surface area contributed by atoms with E-state index in [4.69, 9.17) is 32.7 Å². The number of hydrogen-bond acceptors (Lipinski definition) is 6. The molecule has 4 fully saturated rings. The number of carboxylic acids is 2. The van der Waals surface area contributed by atoms with Gasteiger partial charge in [0.2, 0.25) is 0 Å². The van der Waals surface area contributed by atoms with Crippen LogP contribution in [0.3, 0.4) is 0 Å². The Bertz CT molecular complexity index is 1990. The number of fused-ring (bicyclic) bond motifs is 5. The van der Waals surface area contributed by atoms with E-state index in [1.54, 1.807) is 27.7 Å². The second-order valence-electron chi connectivity index (χ2n) is 21.5. The van der Waals surface area contributed by atoms with Crippen LogP contribution in [0.4, 0.5) is 0 Å². The van der Waals surface area contributed by atoms with Crippen LogP contribution in [0.2, 0.25) is 10.0 Å². The third-order valence-corrected chi connectivity index (χ3v) is 17.0. The van der Waals surface area contributed by atoms with Gasteiger partial charge in [0.15, 0.2) is 11.5 Å². The number of allylic oxidation sites excluding steroid dienone is 1. The zero-order valence-electron chi connectivity index (χ0n) is 40.2. The van der Waals surface area contributed by atoms with E-state index in [-0.39, 0.29) is 62.2 Å². The molecule has 4 aliphatic carbocycles. The standard InChI is InChI=1S/C53H72Cl2O8.Na/c1-29(2)12-10-13-32(7)41-18-19-42-38-17-16-36-24-33(20-22-52(36,8)43(38)21-23-53(41,42)9)14-11-15-37(34-25-39(48(56)57)46(44(54)27-34)62-50(60)30(3)4)35-26-40(49(58)59)47(45(55)28-35)63-51(61)31(5)6;/h15,25-33,36,38,41-43H,10-14,16-24H2,1-9H3,(H,56,57)(H,58,59);/q;+1/t32?,33-,36-,38-,41+,42-,43-,52-,53+;/m0./s1. The summed E-state index contributed by atoms with van der Waals surface area (Å²) in [6.07, 6.45) is 19.4. The number of benzene rings is 2. The second-order valence-corrected chi connectivity index (χ2v) is 22.3. The van der Waals surface area contributed by atoms with Gasteiger partial charge in [-0.25, -0.2) is 9.59 Å². The number of aromatic carboxylic acids is 2. The number of carboxylic acid groups (broad SMARTS) is 2. The van der Waals surface area contributed by atoms with Crippen molar-refractivity contribution in [1.29, 1.82) is 0 Å². The van der Waals surface area contributed by atoms with Gasteiger partial charge in [0.1, 0.15) is 11.1 Å². The number of halogens is 2. The Kier molecular flexibility index (Phi) is 17.9. The molecule has 4 saturated carbocycles. The molecule has 8 nitrogen and oxygen atoms in total. The van der Waals surface area contributed by atoms with Gasteiger partial charge in [-0.2, -0.15) is 0 Å². The molecule has 0 amide bonds. The summed E-state index contributed by atoms with van der Waals surface area (Å²) in [6, 6.07) is 5.85. The van der Waals surface area contributed by atoms with E-state index in [1.165, 1.54) is 94.9 Å². The summed E-state index contributed by atoms with van der Waals surface area (Å²) >= 11 is 13.4. The molecule has 2 aromatic carbocycles. The SMILES string of the molecule is CC(C)CCCC(C)[C@H]1CC[C@H]2[C@@H]3CC[C@H]4C[C@@H](CCC=C(c5cc(Cl)c(OC(=O)C(C)C)c(C(=O)O)c5)c5cc(Cl)c(OC(=O)C(C)C)c(C(=O)O)c5)CC[C@]4(C)[C@H]3CC[C@]12C.[Na+]. The maximum Gasteiger partial charge on any atom is 1.00 e. The summed E-state index contributed by atoms with van der Waals surface area (Å²) in [5.41, 5.74) is 1.52. The van der Waals surface area contributed by atoms with Gasteiger partial charge >= 0.3 is 53.4 Å². The van der Waals surface area contributed by atoms with Gasteiger partial charge in [0.25, 0.3) is 0 Å². The first-order valence-corrected chi connectivity index (χ1v) is 24.7. The molecule has 4 aliphatic rings. The molecular weight excluding hydrogens is 858 g/mol. The van der Waals surface area contributed by atoms with Crippen LogP contribution < -0.4 is 39.0 Å². The van der Waals surface area contributed by atoms with Crippen LogP contribution in [-0.2, 0) is 9.59 Å². The Morgan fingerprint density at radius 1 is 0.719 bits per heavy atom. The molecule has 346 valence electrons. The smallest absolute Gasteiger partial charge is 0.478 e. The summed E-state index contributed by atoms with van der Waals surface area (Å²) in [5.74, 6) is 0.629. The molecule has 6 rings (SSSR count). The minimum Gasteiger partial charge on any atom is -0.478 e. The number of rotatable bonds is 16. The van der Waals surface area contributed by atoms with Crippen LogP contribution in [0, 0.1) is 70.0 Å². The van der Waals surface area contributed by atoms with Crippen molar-refractivity contribution < 1.29 is 68.4 Å². The van der Waals surface area contributed by atoms with E-state index in [1.807, 2.05) is 6.08 Å². The molecule has 11 heteroatoms. The fourth-order valence-corrected chi connectivity index (χ4v) is 13.5. The Labute approximate surface area is 414 Å². The molecule has 0 spiro atoms. The first kappa shape index (κ1) is 52.6. The number of esters is 2. The largest absolute Gasteiger partial charge is 1.00 e. The van der Waals surface area contributed by atoms with E-state index in [9.17, 15) is 29.4 Å². The number of hydrogen-bond donors (Lipinski definition) is 2. The number of ether oxygens (including phenoxy) is 2. The molecule has 0 heterocycles. The summed E-state index contributed by atoms with van der Waals surface area (Å²) in [5, 5.41) is 20.4. The van der Waals surface area contributed by atoms with E-state index in [0.717, 1.165) is 48.3 Å². The van der Waals surface area contributed by atoms with Gasteiger partial charge < -0.3 is 19.7 Å². The van der Waals surface area contributed by atoms with Crippen LogP contribution in [0.1, 0.15) is 184 Å². The molecule has 64 heavy (non-hydrogen) atoms. The fourth-order valence-electron chi connectivity index (χ4n) is 13.0. The quantitative estimate of drug-likeness (QED) is 0.0968. The normalized spacial score (nSPS) is 27.8. The molecule has 0 radical (unpaired) electrons. The Balaban J connectivity index is 0.00000771. The third kappa shape index (κ3) is 11.1. The minimum absolute atomic E-state index is 0. The maximum absolute atomic E-state index is 12.6. The van der Waals surface area contributed by atoms with E-state index < -0.39 is 35.7 Å². The molecule has 2 N–H and O–H groups in total. The van der Waals surface area contributed by atoms with Crippen molar-refractivity contribution in [3.63, 3.8) is 0 Å². The van der Waals surface area contributed by atoms with Crippen molar-refractivity contribution in [2.75, 3.05) is 0 Å². The van der Waals surface area contributed by atoms with Gasteiger partial charge in [0, 0.05) is 0 Å². The summed E-state index contributed by atoms with van der Waals surface area (Å²) in [6.45, 7) is 19.1. The van der Waals surface area contributed by atoms with Gasteiger partial charge in [-0.1, -0.05) is 111 Å². The maximum atomic E-state index is 12.6. The molecule has 0 aliphatic heterocycles. The first-order valence-electron chi connectivity index (χ1n) is 23.9. The van der Waals surface area contributed by atoms with E-state index in [0.29, 0.717) is 45.8 Å². The van der Waals surface area contributed by atoms with Crippen LogP contribution in [0.15, 0.2) is 30.3 Å². The van der Waals surface area contributed by atoms with E-state index in [2.05, 4.69) is 34.6 Å². The minimum atomic E-state index is -1.34. The summed E-state index contributed by atoms with van der Waals surface area (Å²) in [4.78, 5) is 50.4. The average Bonchev–Trinajstić information content (AvgIpc) is 3.57. The van der Waals surface area contributed by atoms with Crippen LogP contribution in [0.25, 0.3) is 5.57 Å². The van der Waals surface area contributed by atoms with Gasteiger partial charge in [-0.15, -0.1) is 0 Å². The van der Waals surface area contributed by atoms with E-state index >= 15 is 0 Å². The van der Waals surface area contributed by atoms with Crippen LogP contribution in [-0.4, -0.2) is 34.1 Å². The van der Waals surface area contributed by atoms with Crippen molar-refractivity contribution in [1.82, 2.24) is 0 Å². The molecule has 0 saturated heterocycles. The zero-order chi connectivity index (χ0) is 46.1. The molecule has 1 unspecified atom stereocenters. The Morgan fingerprint density at radius 2 is 1.25 bits per heavy atom. The molecule has 2 aromatic rings. The Hall–Kier alpha value is -2.36. The molecule has 0 aromatic heterocycles. The Morgan fingerprint density at radius 3 is 1.77 bits per heavy atom.